The molecule has 0 aromatic heterocycles. The van der Waals surface area contributed by atoms with E-state index in [1.807, 2.05) is 0 Å². The fraction of sp³-hybridized carbons (Fsp3) is 0.429. The van der Waals surface area contributed by atoms with Crippen molar-refractivity contribution in [2.45, 2.75) is 19.5 Å². The highest BCUT2D eigenvalue weighted by atomic mass is 19.1. The molecule has 0 saturated heterocycles. The molecule has 1 aromatic rings. The Kier molecular flexibility index (Phi) is 6.64. The van der Waals surface area contributed by atoms with Gasteiger partial charge in [0.25, 0.3) is 0 Å². The topological polar surface area (TPSA) is 74.2 Å². The zero-order valence-corrected chi connectivity index (χ0v) is 11.6. The smallest absolute Gasteiger partial charge is 0.236 e. The van der Waals surface area contributed by atoms with Crippen molar-refractivity contribution in [2.75, 3.05) is 20.3 Å². The van der Waals surface area contributed by atoms with Crippen molar-refractivity contribution in [1.82, 2.24) is 10.6 Å². The van der Waals surface area contributed by atoms with Crippen LogP contribution in [0.1, 0.15) is 18.1 Å². The van der Waals surface area contributed by atoms with E-state index in [0.29, 0.717) is 18.7 Å². The lowest BCUT2D eigenvalue weighted by atomic mass is 10.1. The highest BCUT2D eigenvalue weighted by Gasteiger charge is 2.13. The minimum atomic E-state index is -0.547. The first kappa shape index (κ1) is 16.1. The Hall–Kier alpha value is -1.97. The number of nitrogens with one attached hydrogen (secondary N) is 2. The van der Waals surface area contributed by atoms with Crippen LogP contribution < -0.4 is 10.6 Å². The number of nitrogens with zero attached hydrogens (tertiary/aromatic N) is 1. The summed E-state index contributed by atoms with van der Waals surface area (Å²) >= 11 is 0. The molecule has 0 heterocycles. The molecule has 0 aliphatic carbocycles. The van der Waals surface area contributed by atoms with Gasteiger partial charge in [0.2, 0.25) is 5.91 Å². The van der Waals surface area contributed by atoms with Gasteiger partial charge in [-0.1, -0.05) is 12.1 Å². The molecule has 0 aliphatic rings. The van der Waals surface area contributed by atoms with E-state index in [1.54, 1.807) is 32.2 Å². The first-order chi connectivity index (χ1) is 9.60. The molecule has 1 rings (SSSR count). The number of amides is 1. The van der Waals surface area contributed by atoms with Crippen LogP contribution in [0.15, 0.2) is 18.2 Å². The van der Waals surface area contributed by atoms with Crippen LogP contribution in [-0.4, -0.2) is 32.2 Å². The first-order valence-corrected chi connectivity index (χ1v) is 6.27. The second-order valence-electron chi connectivity index (χ2n) is 4.28. The first-order valence-electron chi connectivity index (χ1n) is 6.27. The number of rotatable bonds is 7. The van der Waals surface area contributed by atoms with E-state index in [0.717, 1.165) is 0 Å². The molecule has 5 nitrogen and oxygen atoms in total. The minimum absolute atomic E-state index is 0.00139. The Morgan fingerprint density at radius 1 is 1.55 bits per heavy atom. The van der Waals surface area contributed by atoms with E-state index in [2.05, 4.69) is 10.6 Å². The second kappa shape index (κ2) is 8.25. The Bertz CT molecular complexity index is 500. The molecule has 1 amide bonds. The number of carbonyl (C=O) groups is 1. The number of nitriles is 1. The van der Waals surface area contributed by atoms with Crippen molar-refractivity contribution in [2.24, 2.45) is 0 Å². The largest absolute Gasteiger partial charge is 0.383 e. The van der Waals surface area contributed by atoms with Gasteiger partial charge in [-0.15, -0.1) is 0 Å². The van der Waals surface area contributed by atoms with Gasteiger partial charge in [-0.3, -0.25) is 4.79 Å². The average molecular weight is 279 g/mol. The molecule has 6 heteroatoms. The van der Waals surface area contributed by atoms with Crippen molar-refractivity contribution < 1.29 is 13.9 Å². The third-order valence-electron chi connectivity index (χ3n) is 2.80. The van der Waals surface area contributed by atoms with Crippen molar-refractivity contribution >= 4 is 5.91 Å². The van der Waals surface area contributed by atoms with E-state index in [-0.39, 0.29) is 18.0 Å². The third kappa shape index (κ3) is 4.61. The van der Waals surface area contributed by atoms with Gasteiger partial charge in [-0.05, 0) is 13.0 Å². The van der Waals surface area contributed by atoms with Gasteiger partial charge in [0.15, 0.2) is 0 Å². The summed E-state index contributed by atoms with van der Waals surface area (Å²) in [5.41, 5.74) is 0.363. The third-order valence-corrected chi connectivity index (χ3v) is 2.80. The minimum Gasteiger partial charge on any atom is -0.383 e. The van der Waals surface area contributed by atoms with Crippen molar-refractivity contribution in [1.29, 1.82) is 5.26 Å². The lowest BCUT2D eigenvalue weighted by Gasteiger charge is -2.14. The van der Waals surface area contributed by atoms with Gasteiger partial charge in [-0.2, -0.15) is 5.26 Å². The van der Waals surface area contributed by atoms with Crippen LogP contribution in [0.5, 0.6) is 0 Å². The Morgan fingerprint density at radius 2 is 2.30 bits per heavy atom. The van der Waals surface area contributed by atoms with Crippen LogP contribution in [0, 0.1) is 17.1 Å². The molecular formula is C14H18FN3O2. The number of hydrogen-bond acceptors (Lipinski definition) is 4. The molecule has 0 radical (unpaired) electrons. The summed E-state index contributed by atoms with van der Waals surface area (Å²) in [5, 5.41) is 14.3. The van der Waals surface area contributed by atoms with E-state index in [9.17, 15) is 9.18 Å². The molecule has 1 aromatic carbocycles. The number of benzene rings is 1. The highest BCUT2D eigenvalue weighted by Crippen LogP contribution is 2.11. The van der Waals surface area contributed by atoms with Crippen LogP contribution >= 0.6 is 0 Å². The maximum Gasteiger partial charge on any atom is 0.236 e. The summed E-state index contributed by atoms with van der Waals surface area (Å²) in [4.78, 5) is 11.7. The fourth-order valence-corrected chi connectivity index (χ4v) is 1.59. The summed E-state index contributed by atoms with van der Waals surface area (Å²) < 4.78 is 18.6. The van der Waals surface area contributed by atoms with Crippen LogP contribution in [0.25, 0.3) is 0 Å². The van der Waals surface area contributed by atoms with Crippen molar-refractivity contribution in [3.8, 4) is 6.07 Å². The molecule has 1 atom stereocenters. The van der Waals surface area contributed by atoms with Crippen molar-refractivity contribution in [3.63, 3.8) is 0 Å². The molecule has 0 aliphatic heterocycles. The number of halogens is 1. The number of ether oxygens (including phenoxy) is 1. The molecule has 0 saturated carbocycles. The second-order valence-corrected chi connectivity index (χ2v) is 4.28. The number of carbonyl (C=O) groups excluding carboxylic acids is 1. The van der Waals surface area contributed by atoms with E-state index in [4.69, 9.17) is 10.00 Å². The predicted octanol–water partition coefficient (Wildman–Crippen LogP) is 0.938. The lowest BCUT2D eigenvalue weighted by molar-refractivity contribution is -0.123. The van der Waals surface area contributed by atoms with Gasteiger partial charge in [0.1, 0.15) is 11.9 Å². The normalized spacial score (nSPS) is 11.7. The Balaban J connectivity index is 2.51. The standard InChI is InChI=1S/C14H18FN3O2/c1-10(14(19)17-6-7-20-2)18-9-12-5-3-4-11(8-16)13(12)15/h3-5,10,18H,6-7,9H2,1-2H3,(H,17,19). The molecule has 0 bridgehead atoms. The summed E-state index contributed by atoms with van der Waals surface area (Å²) in [7, 11) is 1.55. The van der Waals surface area contributed by atoms with Gasteiger partial charge in [-0.25, -0.2) is 4.39 Å². The molecule has 1 unspecified atom stereocenters. The Labute approximate surface area is 117 Å². The van der Waals surface area contributed by atoms with Gasteiger partial charge >= 0.3 is 0 Å². The number of hydrogen-bond donors (Lipinski definition) is 2. The molecule has 0 spiro atoms. The molecule has 108 valence electrons. The monoisotopic (exact) mass is 279 g/mol. The summed E-state index contributed by atoms with van der Waals surface area (Å²) in [6.07, 6.45) is 0. The predicted molar refractivity (Wildman–Crippen MR) is 72.3 cm³/mol. The van der Waals surface area contributed by atoms with Crippen LogP contribution in [0.2, 0.25) is 0 Å². The van der Waals surface area contributed by atoms with Crippen molar-refractivity contribution in [3.05, 3.63) is 35.1 Å². The molecule has 20 heavy (non-hydrogen) atoms. The summed E-state index contributed by atoms with van der Waals surface area (Å²) in [6.45, 7) is 2.74. The van der Waals surface area contributed by atoms with Gasteiger partial charge in [0.05, 0.1) is 18.2 Å². The average Bonchev–Trinajstić information content (AvgIpc) is 2.46. The SMILES string of the molecule is COCCNC(=O)C(C)NCc1cccc(C#N)c1F. The Morgan fingerprint density at radius 3 is 2.95 bits per heavy atom. The maximum atomic E-state index is 13.8. The van der Waals surface area contributed by atoms with Gasteiger partial charge < -0.3 is 15.4 Å². The quantitative estimate of drug-likeness (QED) is 0.728. The fourth-order valence-electron chi connectivity index (χ4n) is 1.59. The van der Waals surface area contributed by atoms with E-state index >= 15 is 0 Å². The van der Waals surface area contributed by atoms with Gasteiger partial charge in [0, 0.05) is 25.8 Å². The maximum absolute atomic E-state index is 13.8. The van der Waals surface area contributed by atoms with Crippen LogP contribution in [-0.2, 0) is 16.1 Å². The molecular weight excluding hydrogens is 261 g/mol. The summed E-state index contributed by atoms with van der Waals surface area (Å²) in [5.74, 6) is -0.728. The van der Waals surface area contributed by atoms with Crippen LogP contribution in [0.4, 0.5) is 4.39 Å². The number of methoxy groups -OCH3 is 1. The van der Waals surface area contributed by atoms with Crippen LogP contribution in [0.3, 0.4) is 0 Å². The highest BCUT2D eigenvalue weighted by molar-refractivity contribution is 5.81. The lowest BCUT2D eigenvalue weighted by Crippen LogP contribution is -2.42. The van der Waals surface area contributed by atoms with E-state index in [1.165, 1.54) is 6.07 Å². The molecule has 0 fully saturated rings. The zero-order valence-electron chi connectivity index (χ0n) is 11.6. The zero-order chi connectivity index (χ0) is 15.0. The molecule has 2 N–H and O–H groups in total. The van der Waals surface area contributed by atoms with E-state index < -0.39 is 11.9 Å². The summed E-state index contributed by atoms with van der Waals surface area (Å²) in [6, 6.07) is 5.93.